The molecule has 0 saturated carbocycles. The van der Waals surface area contributed by atoms with Crippen molar-refractivity contribution in [1.29, 1.82) is 0 Å². The highest BCUT2D eigenvalue weighted by molar-refractivity contribution is 5.91. The molecule has 1 aromatic rings. The number of carbonyl (C=O) groups excluding carboxylic acids is 2. The van der Waals surface area contributed by atoms with Gasteiger partial charge in [0.1, 0.15) is 6.61 Å². The van der Waals surface area contributed by atoms with Gasteiger partial charge in [-0.05, 0) is 11.6 Å². The minimum absolute atomic E-state index is 0.0146. The Morgan fingerprint density at radius 1 is 1.31 bits per heavy atom. The second-order valence-corrected chi connectivity index (χ2v) is 2.89. The fraction of sp³-hybridized carbons (Fsp3) is 0.167. The van der Waals surface area contributed by atoms with Crippen molar-refractivity contribution in [2.24, 2.45) is 0 Å². The van der Waals surface area contributed by atoms with Crippen LogP contribution in [-0.2, 0) is 19.1 Å². The van der Waals surface area contributed by atoms with Crippen LogP contribution < -0.4 is 0 Å². The van der Waals surface area contributed by atoms with E-state index < -0.39 is 5.97 Å². The first-order valence-corrected chi connectivity index (χ1v) is 4.69. The van der Waals surface area contributed by atoms with Gasteiger partial charge in [-0.15, -0.1) is 0 Å². The molecule has 0 aliphatic carbocycles. The Hall–Kier alpha value is -2.10. The molecule has 0 radical (unpaired) electrons. The Morgan fingerprint density at radius 2 is 2.00 bits per heavy atom. The van der Waals surface area contributed by atoms with E-state index >= 15 is 0 Å². The first kappa shape index (κ1) is 12.0. The number of esters is 1. The van der Waals surface area contributed by atoms with Gasteiger partial charge < -0.3 is 9.47 Å². The fourth-order valence-electron chi connectivity index (χ4n) is 1.08. The Bertz CT molecular complexity index is 381. The van der Waals surface area contributed by atoms with Crippen LogP contribution in [0.5, 0.6) is 0 Å². The Balaban J connectivity index is 2.87. The van der Waals surface area contributed by atoms with Crippen molar-refractivity contribution in [2.45, 2.75) is 0 Å². The second kappa shape index (κ2) is 6.40. The molecule has 0 aliphatic rings. The predicted molar refractivity (Wildman–Crippen MR) is 58.5 cm³/mol. The maximum Gasteiger partial charge on any atom is 0.373 e. The number of ether oxygens (including phenoxy) is 2. The summed E-state index contributed by atoms with van der Waals surface area (Å²) < 4.78 is 9.50. The van der Waals surface area contributed by atoms with Crippen LogP contribution in [0.4, 0.5) is 0 Å². The lowest BCUT2D eigenvalue weighted by Gasteiger charge is -2.05. The topological polar surface area (TPSA) is 52.6 Å². The van der Waals surface area contributed by atoms with E-state index in [0.717, 1.165) is 5.56 Å². The molecule has 84 valence electrons. The van der Waals surface area contributed by atoms with Gasteiger partial charge in [-0.3, -0.25) is 4.79 Å². The summed E-state index contributed by atoms with van der Waals surface area (Å²) in [5.74, 6) is -0.591. The first-order valence-electron chi connectivity index (χ1n) is 4.69. The zero-order chi connectivity index (χ0) is 11.8. The summed E-state index contributed by atoms with van der Waals surface area (Å²) in [7, 11) is 1.26. The zero-order valence-corrected chi connectivity index (χ0v) is 8.88. The van der Waals surface area contributed by atoms with Crippen molar-refractivity contribution in [3.8, 4) is 0 Å². The molecular formula is C12H12O4. The summed E-state index contributed by atoms with van der Waals surface area (Å²) >= 11 is 0. The molecule has 1 aromatic carbocycles. The van der Waals surface area contributed by atoms with E-state index in [0.29, 0.717) is 6.29 Å². The molecule has 0 unspecified atom stereocenters. The number of methoxy groups -OCH3 is 1. The van der Waals surface area contributed by atoms with E-state index in [1.165, 1.54) is 13.2 Å². The number of benzene rings is 1. The SMILES string of the molecule is COC(=O)C(=Cc1ccccc1)OCC=O. The van der Waals surface area contributed by atoms with Crippen molar-refractivity contribution in [2.75, 3.05) is 13.7 Å². The van der Waals surface area contributed by atoms with E-state index in [1.807, 2.05) is 30.3 Å². The monoisotopic (exact) mass is 220 g/mol. The molecule has 0 atom stereocenters. The first-order chi connectivity index (χ1) is 7.77. The van der Waals surface area contributed by atoms with Crippen LogP contribution in [0.15, 0.2) is 36.1 Å². The summed E-state index contributed by atoms with van der Waals surface area (Å²) in [6.07, 6.45) is 2.09. The van der Waals surface area contributed by atoms with Crippen molar-refractivity contribution in [3.63, 3.8) is 0 Å². The minimum atomic E-state index is -0.606. The van der Waals surface area contributed by atoms with Gasteiger partial charge in [0.05, 0.1) is 7.11 Å². The van der Waals surface area contributed by atoms with E-state index in [1.54, 1.807) is 0 Å². The van der Waals surface area contributed by atoms with Crippen molar-refractivity contribution in [1.82, 2.24) is 0 Å². The van der Waals surface area contributed by atoms with E-state index in [9.17, 15) is 9.59 Å². The van der Waals surface area contributed by atoms with E-state index in [2.05, 4.69) is 4.74 Å². The quantitative estimate of drug-likeness (QED) is 0.326. The normalized spacial score (nSPS) is 10.7. The predicted octanol–water partition coefficient (Wildman–Crippen LogP) is 1.42. The van der Waals surface area contributed by atoms with Gasteiger partial charge in [-0.2, -0.15) is 0 Å². The van der Waals surface area contributed by atoms with Crippen LogP contribution in [0, 0.1) is 0 Å². The molecule has 4 heteroatoms. The van der Waals surface area contributed by atoms with E-state index in [4.69, 9.17) is 4.74 Å². The maximum atomic E-state index is 11.3. The molecule has 0 aliphatic heterocycles. The highest BCUT2D eigenvalue weighted by Gasteiger charge is 2.10. The third-order valence-electron chi connectivity index (χ3n) is 1.79. The Labute approximate surface area is 93.5 Å². The molecule has 0 bridgehead atoms. The van der Waals surface area contributed by atoms with Crippen LogP contribution in [0.2, 0.25) is 0 Å². The van der Waals surface area contributed by atoms with Gasteiger partial charge in [0.25, 0.3) is 0 Å². The van der Waals surface area contributed by atoms with Gasteiger partial charge in [0.2, 0.25) is 5.76 Å². The average molecular weight is 220 g/mol. The summed E-state index contributed by atoms with van der Waals surface area (Å²) in [4.78, 5) is 21.5. The molecule has 4 nitrogen and oxygen atoms in total. The summed E-state index contributed by atoms with van der Waals surface area (Å²) in [5.41, 5.74) is 0.800. The zero-order valence-electron chi connectivity index (χ0n) is 8.88. The molecule has 0 heterocycles. The smallest absolute Gasteiger partial charge is 0.373 e. The van der Waals surface area contributed by atoms with Crippen molar-refractivity contribution >= 4 is 18.3 Å². The van der Waals surface area contributed by atoms with Gasteiger partial charge in [-0.25, -0.2) is 4.79 Å². The molecule has 0 spiro atoms. The number of carbonyl (C=O) groups is 2. The molecule has 0 N–H and O–H groups in total. The Kier molecular flexibility index (Phi) is 4.79. The largest absolute Gasteiger partial charge is 0.479 e. The lowest BCUT2D eigenvalue weighted by Crippen LogP contribution is -2.09. The third-order valence-corrected chi connectivity index (χ3v) is 1.79. The molecule has 0 aromatic heterocycles. The number of hydrogen-bond acceptors (Lipinski definition) is 4. The highest BCUT2D eigenvalue weighted by atomic mass is 16.6. The van der Waals surface area contributed by atoms with Crippen LogP contribution >= 0.6 is 0 Å². The van der Waals surface area contributed by atoms with Crippen LogP contribution in [-0.4, -0.2) is 26.0 Å². The average Bonchev–Trinajstić information content (AvgIpc) is 2.34. The fourth-order valence-corrected chi connectivity index (χ4v) is 1.08. The van der Waals surface area contributed by atoms with Gasteiger partial charge in [-0.1, -0.05) is 30.3 Å². The summed E-state index contributed by atoms with van der Waals surface area (Å²) in [6, 6.07) is 9.16. The lowest BCUT2D eigenvalue weighted by atomic mass is 10.2. The Morgan fingerprint density at radius 3 is 2.56 bits per heavy atom. The van der Waals surface area contributed by atoms with Gasteiger partial charge >= 0.3 is 5.97 Å². The highest BCUT2D eigenvalue weighted by Crippen LogP contribution is 2.08. The van der Waals surface area contributed by atoms with Crippen LogP contribution in [0.25, 0.3) is 6.08 Å². The van der Waals surface area contributed by atoms with Gasteiger partial charge in [0, 0.05) is 0 Å². The van der Waals surface area contributed by atoms with Gasteiger partial charge in [0.15, 0.2) is 6.29 Å². The molecule has 0 fully saturated rings. The summed E-state index contributed by atoms with van der Waals surface area (Å²) in [5, 5.41) is 0. The number of rotatable bonds is 5. The number of hydrogen-bond donors (Lipinski definition) is 0. The third kappa shape index (κ3) is 3.57. The molecule has 16 heavy (non-hydrogen) atoms. The molecule has 1 rings (SSSR count). The molecular weight excluding hydrogens is 208 g/mol. The lowest BCUT2D eigenvalue weighted by molar-refractivity contribution is -0.140. The minimum Gasteiger partial charge on any atom is -0.479 e. The summed E-state index contributed by atoms with van der Waals surface area (Å²) in [6.45, 7) is -0.173. The van der Waals surface area contributed by atoms with Crippen molar-refractivity contribution < 1.29 is 19.1 Å². The van der Waals surface area contributed by atoms with Crippen LogP contribution in [0.1, 0.15) is 5.56 Å². The van der Waals surface area contributed by atoms with Crippen molar-refractivity contribution in [3.05, 3.63) is 41.7 Å². The second-order valence-electron chi connectivity index (χ2n) is 2.89. The van der Waals surface area contributed by atoms with E-state index in [-0.39, 0.29) is 12.4 Å². The maximum absolute atomic E-state index is 11.3. The molecule has 0 saturated heterocycles. The number of aldehydes is 1. The van der Waals surface area contributed by atoms with Crippen LogP contribution in [0.3, 0.4) is 0 Å². The molecule has 0 amide bonds. The standard InChI is InChI=1S/C12H12O4/c1-15-12(14)11(16-8-7-13)9-10-5-3-2-4-6-10/h2-7,9H,8H2,1H3.